The van der Waals surface area contributed by atoms with Crippen LogP contribution in [0, 0.1) is 0 Å². The average Bonchev–Trinajstić information content (AvgIpc) is 3.22. The number of anilines is 1. The van der Waals surface area contributed by atoms with Crippen molar-refractivity contribution < 1.29 is 14.3 Å². The maximum Gasteiger partial charge on any atom is 0.410 e. The summed E-state index contributed by atoms with van der Waals surface area (Å²) in [4.78, 5) is 18.9. The van der Waals surface area contributed by atoms with E-state index in [2.05, 4.69) is 10.3 Å². The SMILES string of the molecule is CC(C)(C)OC(=O)N1CCC(Oc2ccc(NCc3cnc(Cl)s3)cc2)C1. The van der Waals surface area contributed by atoms with Gasteiger partial charge in [-0.3, -0.25) is 0 Å². The molecule has 1 fully saturated rings. The highest BCUT2D eigenvalue weighted by Crippen LogP contribution is 2.23. The van der Waals surface area contributed by atoms with E-state index in [9.17, 15) is 4.79 Å². The van der Waals surface area contributed by atoms with Crippen molar-refractivity contribution in [1.29, 1.82) is 0 Å². The first-order valence-corrected chi connectivity index (χ1v) is 10.1. The topological polar surface area (TPSA) is 63.7 Å². The van der Waals surface area contributed by atoms with Crippen molar-refractivity contribution in [3.05, 3.63) is 39.8 Å². The number of rotatable bonds is 5. The molecule has 0 bridgehead atoms. The Bertz CT molecular complexity index is 773. The Hall–Kier alpha value is -1.99. The van der Waals surface area contributed by atoms with Crippen LogP contribution in [0.1, 0.15) is 32.1 Å². The number of hydrogen-bond acceptors (Lipinski definition) is 6. The van der Waals surface area contributed by atoms with Gasteiger partial charge in [0.15, 0.2) is 4.47 Å². The Morgan fingerprint density at radius 2 is 2.11 bits per heavy atom. The molecule has 1 aliphatic rings. The zero-order valence-corrected chi connectivity index (χ0v) is 17.3. The summed E-state index contributed by atoms with van der Waals surface area (Å²) >= 11 is 7.30. The third-order valence-electron chi connectivity index (χ3n) is 3.95. The first-order chi connectivity index (χ1) is 12.8. The van der Waals surface area contributed by atoms with Crippen molar-refractivity contribution in [3.8, 4) is 5.75 Å². The summed E-state index contributed by atoms with van der Waals surface area (Å²) in [6, 6.07) is 7.80. The summed E-state index contributed by atoms with van der Waals surface area (Å²) in [6.45, 7) is 7.48. The smallest absolute Gasteiger partial charge is 0.410 e. The second kappa shape index (κ2) is 8.35. The lowest BCUT2D eigenvalue weighted by Crippen LogP contribution is -2.36. The molecule has 146 valence electrons. The summed E-state index contributed by atoms with van der Waals surface area (Å²) in [7, 11) is 0. The van der Waals surface area contributed by atoms with Gasteiger partial charge in [0.25, 0.3) is 0 Å². The first-order valence-electron chi connectivity index (χ1n) is 8.87. The van der Waals surface area contributed by atoms with Crippen LogP contribution in [-0.2, 0) is 11.3 Å². The Morgan fingerprint density at radius 1 is 1.37 bits per heavy atom. The van der Waals surface area contributed by atoms with Crippen molar-refractivity contribution >= 4 is 34.7 Å². The molecule has 1 amide bonds. The highest BCUT2D eigenvalue weighted by atomic mass is 35.5. The first kappa shape index (κ1) is 19.8. The number of aromatic nitrogens is 1. The third kappa shape index (κ3) is 6.01. The van der Waals surface area contributed by atoms with Gasteiger partial charge in [-0.15, -0.1) is 11.3 Å². The maximum absolute atomic E-state index is 12.1. The van der Waals surface area contributed by atoms with Crippen molar-refractivity contribution in [1.82, 2.24) is 9.88 Å². The van der Waals surface area contributed by atoms with E-state index in [1.807, 2.05) is 45.0 Å². The molecular formula is C19H24ClN3O3S. The average molecular weight is 410 g/mol. The van der Waals surface area contributed by atoms with Crippen molar-refractivity contribution in [2.75, 3.05) is 18.4 Å². The normalized spacial score (nSPS) is 17.0. The van der Waals surface area contributed by atoms with Crippen LogP contribution in [0.2, 0.25) is 4.47 Å². The van der Waals surface area contributed by atoms with Crippen LogP contribution in [0.5, 0.6) is 5.75 Å². The van der Waals surface area contributed by atoms with E-state index < -0.39 is 5.60 Å². The van der Waals surface area contributed by atoms with E-state index >= 15 is 0 Å². The fourth-order valence-electron chi connectivity index (χ4n) is 2.72. The van der Waals surface area contributed by atoms with Gasteiger partial charge in [-0.1, -0.05) is 11.6 Å². The molecule has 1 N–H and O–H groups in total. The van der Waals surface area contributed by atoms with Gasteiger partial charge in [0.05, 0.1) is 13.1 Å². The van der Waals surface area contributed by atoms with Gasteiger partial charge in [0.1, 0.15) is 17.5 Å². The molecule has 1 unspecified atom stereocenters. The molecule has 8 heteroatoms. The Labute approximate surface area is 168 Å². The number of hydrogen-bond donors (Lipinski definition) is 1. The molecule has 0 radical (unpaired) electrons. The summed E-state index contributed by atoms with van der Waals surface area (Å²) in [5.41, 5.74) is 0.511. The minimum absolute atomic E-state index is 0.0179. The molecule has 6 nitrogen and oxygen atoms in total. The zero-order valence-electron chi connectivity index (χ0n) is 15.7. The second-order valence-electron chi connectivity index (χ2n) is 7.41. The predicted molar refractivity (Wildman–Crippen MR) is 108 cm³/mol. The Balaban J connectivity index is 1.46. The summed E-state index contributed by atoms with van der Waals surface area (Å²) in [5, 5.41) is 3.33. The van der Waals surface area contributed by atoms with E-state index in [1.54, 1.807) is 11.1 Å². The number of halogens is 1. The summed E-state index contributed by atoms with van der Waals surface area (Å²) < 4.78 is 12.0. The van der Waals surface area contributed by atoms with E-state index in [4.69, 9.17) is 21.1 Å². The van der Waals surface area contributed by atoms with Crippen molar-refractivity contribution in [3.63, 3.8) is 0 Å². The number of amides is 1. The van der Waals surface area contributed by atoms with Gasteiger partial charge < -0.3 is 19.7 Å². The zero-order chi connectivity index (χ0) is 19.4. The molecular weight excluding hydrogens is 386 g/mol. The van der Waals surface area contributed by atoms with Crippen LogP contribution in [-0.4, -0.2) is 40.8 Å². The lowest BCUT2D eigenvalue weighted by molar-refractivity contribution is 0.0275. The molecule has 2 heterocycles. The molecule has 0 aliphatic carbocycles. The number of ether oxygens (including phenoxy) is 2. The molecule has 0 spiro atoms. The van der Waals surface area contributed by atoms with E-state index in [1.165, 1.54) is 11.3 Å². The maximum atomic E-state index is 12.1. The van der Waals surface area contributed by atoms with E-state index in [0.29, 0.717) is 24.1 Å². The van der Waals surface area contributed by atoms with Crippen molar-refractivity contribution in [2.45, 2.75) is 45.4 Å². The third-order valence-corrected chi connectivity index (χ3v) is 5.06. The van der Waals surface area contributed by atoms with Gasteiger partial charge >= 0.3 is 6.09 Å². The number of carbonyl (C=O) groups excluding carboxylic acids is 1. The van der Waals surface area contributed by atoms with Crippen molar-refractivity contribution in [2.24, 2.45) is 0 Å². The summed E-state index contributed by atoms with van der Waals surface area (Å²) in [6.07, 6.45) is 2.27. The minimum Gasteiger partial charge on any atom is -0.489 e. The minimum atomic E-state index is -0.483. The monoisotopic (exact) mass is 409 g/mol. The summed E-state index contributed by atoms with van der Waals surface area (Å²) in [5.74, 6) is 0.789. The number of nitrogens with zero attached hydrogens (tertiary/aromatic N) is 2. The van der Waals surface area contributed by atoms with Crippen LogP contribution in [0.4, 0.5) is 10.5 Å². The van der Waals surface area contributed by atoms with Gasteiger partial charge in [-0.2, -0.15) is 0 Å². The molecule has 1 atom stereocenters. The van der Waals surface area contributed by atoms with Crippen LogP contribution < -0.4 is 10.1 Å². The molecule has 1 saturated heterocycles. The Morgan fingerprint density at radius 3 is 2.74 bits per heavy atom. The molecule has 2 aromatic rings. The molecule has 1 aliphatic heterocycles. The van der Waals surface area contributed by atoms with Gasteiger partial charge in [0, 0.05) is 29.7 Å². The van der Waals surface area contributed by atoms with Crippen LogP contribution in [0.3, 0.4) is 0 Å². The lowest BCUT2D eigenvalue weighted by atomic mass is 10.2. The van der Waals surface area contributed by atoms with E-state index in [-0.39, 0.29) is 12.2 Å². The van der Waals surface area contributed by atoms with Crippen LogP contribution in [0.15, 0.2) is 30.5 Å². The molecule has 0 saturated carbocycles. The largest absolute Gasteiger partial charge is 0.489 e. The van der Waals surface area contributed by atoms with Crippen LogP contribution >= 0.6 is 22.9 Å². The fourth-order valence-corrected chi connectivity index (χ4v) is 3.63. The fraction of sp³-hybridized carbons (Fsp3) is 0.474. The lowest BCUT2D eigenvalue weighted by Gasteiger charge is -2.24. The molecule has 27 heavy (non-hydrogen) atoms. The van der Waals surface area contributed by atoms with Gasteiger partial charge in [0.2, 0.25) is 0 Å². The number of thiazole rings is 1. The van der Waals surface area contributed by atoms with Gasteiger partial charge in [-0.25, -0.2) is 9.78 Å². The standard InChI is InChI=1S/C19H24ClN3O3S/c1-19(2,3)26-18(24)23-9-8-15(12-23)25-14-6-4-13(5-7-14)21-10-16-11-22-17(20)27-16/h4-7,11,15,21H,8-10,12H2,1-3H3. The number of nitrogens with one attached hydrogen (secondary N) is 1. The number of benzene rings is 1. The predicted octanol–water partition coefficient (Wildman–Crippen LogP) is 4.80. The number of likely N-dealkylation sites (tertiary alicyclic amines) is 1. The molecule has 1 aromatic carbocycles. The van der Waals surface area contributed by atoms with Gasteiger partial charge in [-0.05, 0) is 45.0 Å². The van der Waals surface area contributed by atoms with E-state index in [0.717, 1.165) is 22.7 Å². The Kier molecular flexibility index (Phi) is 6.11. The molecule has 3 rings (SSSR count). The highest BCUT2D eigenvalue weighted by molar-refractivity contribution is 7.15. The molecule has 1 aromatic heterocycles. The quantitative estimate of drug-likeness (QED) is 0.768. The number of carbonyl (C=O) groups is 1. The second-order valence-corrected chi connectivity index (χ2v) is 9.11. The highest BCUT2D eigenvalue weighted by Gasteiger charge is 2.30. The van der Waals surface area contributed by atoms with Crippen LogP contribution in [0.25, 0.3) is 0 Å².